The number of aromatic nitrogens is 2. The summed E-state index contributed by atoms with van der Waals surface area (Å²) in [5.41, 5.74) is 2.87. The van der Waals surface area contributed by atoms with Crippen molar-refractivity contribution in [2.45, 2.75) is 49.1 Å². The molecular formula is C28H25FN2O5S. The molecule has 2 aromatic carbocycles. The predicted molar refractivity (Wildman–Crippen MR) is 136 cm³/mol. The van der Waals surface area contributed by atoms with E-state index < -0.39 is 21.4 Å². The number of aromatic amines is 1. The van der Waals surface area contributed by atoms with E-state index >= 15 is 0 Å². The molecule has 9 heteroatoms. The van der Waals surface area contributed by atoms with E-state index in [-0.39, 0.29) is 28.3 Å². The first-order valence-corrected chi connectivity index (χ1v) is 13.4. The number of carbonyl (C=O) groups excluding carboxylic acids is 1. The largest absolute Gasteiger partial charge is 0.458 e. The van der Waals surface area contributed by atoms with Gasteiger partial charge in [-0.1, -0.05) is 30.3 Å². The van der Waals surface area contributed by atoms with Gasteiger partial charge in [0.1, 0.15) is 16.4 Å². The van der Waals surface area contributed by atoms with Gasteiger partial charge in [-0.2, -0.15) is 0 Å². The molecule has 0 spiro atoms. The van der Waals surface area contributed by atoms with E-state index in [9.17, 15) is 22.4 Å². The van der Waals surface area contributed by atoms with Gasteiger partial charge in [0.05, 0.1) is 22.4 Å². The number of hydrogen-bond donors (Lipinski definition) is 1. The number of H-pyrrole nitrogens is 1. The van der Waals surface area contributed by atoms with Gasteiger partial charge in [-0.3, -0.25) is 4.79 Å². The van der Waals surface area contributed by atoms with Crippen molar-refractivity contribution >= 4 is 15.8 Å². The SMILES string of the molecule is CC(C)OC(=O)c1cc2c(n1Cc1ccc(F)cc1)-c1[nH]c(=O)c(S(=O)(=O)c3ccccc3)cc1CC2. The van der Waals surface area contributed by atoms with Gasteiger partial charge in [0, 0.05) is 6.54 Å². The number of aryl methyl sites for hydroxylation is 2. The number of carbonyl (C=O) groups is 1. The molecular weight excluding hydrogens is 495 g/mol. The summed E-state index contributed by atoms with van der Waals surface area (Å²) in [5.74, 6) is -0.891. The Labute approximate surface area is 213 Å². The Morgan fingerprint density at radius 3 is 2.38 bits per heavy atom. The molecule has 2 heterocycles. The van der Waals surface area contributed by atoms with E-state index in [1.165, 1.54) is 30.3 Å². The molecule has 0 fully saturated rings. The van der Waals surface area contributed by atoms with Crippen LogP contribution in [0.2, 0.25) is 0 Å². The van der Waals surface area contributed by atoms with Crippen LogP contribution in [-0.4, -0.2) is 30.0 Å². The Morgan fingerprint density at radius 1 is 1.03 bits per heavy atom. The number of esters is 1. The van der Waals surface area contributed by atoms with Crippen LogP contribution < -0.4 is 5.56 Å². The maximum absolute atomic E-state index is 13.5. The molecule has 1 aliphatic carbocycles. The molecule has 0 atom stereocenters. The standard InChI is InChI=1S/C28H25FN2O5S/c1-17(2)36-28(33)23-14-20-11-10-19-15-24(37(34,35)22-6-4-3-5-7-22)27(32)30-25(19)26(20)31(23)16-18-8-12-21(29)13-9-18/h3-9,12-15,17H,10-11,16H2,1-2H3,(H,30,32). The smallest absolute Gasteiger partial charge is 0.355 e. The fourth-order valence-corrected chi connectivity index (χ4v) is 5.99. The summed E-state index contributed by atoms with van der Waals surface area (Å²) in [5, 5.41) is 0. The van der Waals surface area contributed by atoms with Gasteiger partial charge in [0.25, 0.3) is 5.56 Å². The molecule has 0 saturated carbocycles. The molecule has 0 aliphatic heterocycles. The zero-order valence-electron chi connectivity index (χ0n) is 20.3. The van der Waals surface area contributed by atoms with E-state index in [0.29, 0.717) is 35.5 Å². The van der Waals surface area contributed by atoms with E-state index in [2.05, 4.69) is 4.98 Å². The highest BCUT2D eigenvalue weighted by atomic mass is 32.2. The summed E-state index contributed by atoms with van der Waals surface area (Å²) in [6.07, 6.45) is 0.685. The lowest BCUT2D eigenvalue weighted by molar-refractivity contribution is 0.0366. The normalized spacial score (nSPS) is 12.8. The van der Waals surface area contributed by atoms with Crippen molar-refractivity contribution in [2.24, 2.45) is 0 Å². The van der Waals surface area contributed by atoms with Crippen LogP contribution in [-0.2, 0) is 34.0 Å². The molecule has 37 heavy (non-hydrogen) atoms. The number of hydrogen-bond acceptors (Lipinski definition) is 5. The molecule has 7 nitrogen and oxygen atoms in total. The minimum Gasteiger partial charge on any atom is -0.458 e. The van der Waals surface area contributed by atoms with Gasteiger partial charge in [-0.05, 0) is 79.8 Å². The molecule has 0 amide bonds. The monoisotopic (exact) mass is 520 g/mol. The highest BCUT2D eigenvalue weighted by Crippen LogP contribution is 2.36. The Bertz CT molecular complexity index is 1650. The Balaban J connectivity index is 1.67. The lowest BCUT2D eigenvalue weighted by Gasteiger charge is -2.21. The summed E-state index contributed by atoms with van der Waals surface area (Å²) < 4.78 is 47.1. The van der Waals surface area contributed by atoms with Crippen LogP contribution in [0, 0.1) is 5.82 Å². The predicted octanol–water partition coefficient (Wildman–Crippen LogP) is 4.53. The van der Waals surface area contributed by atoms with E-state index in [4.69, 9.17) is 4.74 Å². The lowest BCUT2D eigenvalue weighted by Crippen LogP contribution is -2.23. The van der Waals surface area contributed by atoms with Crippen molar-refractivity contribution in [1.82, 2.24) is 9.55 Å². The van der Waals surface area contributed by atoms with Crippen LogP contribution in [0.4, 0.5) is 4.39 Å². The van der Waals surface area contributed by atoms with Crippen LogP contribution in [0.1, 0.15) is 41.0 Å². The number of nitrogens with zero attached hydrogens (tertiary/aromatic N) is 1. The summed E-state index contributed by atoms with van der Waals surface area (Å²) >= 11 is 0. The first-order chi connectivity index (χ1) is 17.6. The highest BCUT2D eigenvalue weighted by molar-refractivity contribution is 7.91. The van der Waals surface area contributed by atoms with Crippen molar-refractivity contribution in [3.8, 4) is 11.4 Å². The summed E-state index contributed by atoms with van der Waals surface area (Å²) in [6.45, 7) is 3.74. The number of fused-ring (bicyclic) bond motifs is 3. The second kappa shape index (κ2) is 9.48. The summed E-state index contributed by atoms with van der Waals surface area (Å²) in [4.78, 5) is 28.6. The molecule has 1 aliphatic rings. The maximum atomic E-state index is 13.5. The molecule has 0 saturated heterocycles. The number of rotatable bonds is 6. The fraction of sp³-hybridized carbons (Fsp3) is 0.214. The average Bonchev–Trinajstić information content (AvgIpc) is 3.24. The van der Waals surface area contributed by atoms with E-state index in [1.807, 2.05) is 0 Å². The minimum absolute atomic E-state index is 0.0374. The first kappa shape index (κ1) is 24.7. The van der Waals surface area contributed by atoms with Gasteiger partial charge in [-0.25, -0.2) is 17.6 Å². The van der Waals surface area contributed by atoms with Crippen LogP contribution >= 0.6 is 0 Å². The summed E-state index contributed by atoms with van der Waals surface area (Å²) in [6, 6.07) is 16.9. The third-order valence-electron chi connectivity index (χ3n) is 6.31. The molecule has 5 rings (SSSR count). The van der Waals surface area contributed by atoms with Crippen LogP contribution in [0.25, 0.3) is 11.4 Å². The Morgan fingerprint density at radius 2 is 1.70 bits per heavy atom. The van der Waals surface area contributed by atoms with Crippen LogP contribution in [0.5, 0.6) is 0 Å². The van der Waals surface area contributed by atoms with Crippen molar-refractivity contribution in [3.63, 3.8) is 0 Å². The maximum Gasteiger partial charge on any atom is 0.355 e. The molecule has 0 radical (unpaired) electrons. The number of sulfone groups is 1. The second-order valence-electron chi connectivity index (χ2n) is 9.25. The molecule has 0 bridgehead atoms. The first-order valence-electron chi connectivity index (χ1n) is 11.9. The fourth-order valence-electron chi connectivity index (χ4n) is 4.63. The number of ether oxygens (including phenoxy) is 1. The van der Waals surface area contributed by atoms with Gasteiger partial charge in [0.2, 0.25) is 9.84 Å². The molecule has 1 N–H and O–H groups in total. The van der Waals surface area contributed by atoms with E-state index in [1.54, 1.807) is 54.8 Å². The number of halogens is 1. The number of nitrogens with one attached hydrogen (secondary N) is 1. The minimum atomic E-state index is -4.03. The second-order valence-corrected chi connectivity index (χ2v) is 11.2. The Kier molecular flexibility index (Phi) is 6.33. The number of benzene rings is 2. The topological polar surface area (TPSA) is 98.2 Å². The van der Waals surface area contributed by atoms with Crippen molar-refractivity contribution in [1.29, 1.82) is 0 Å². The Hall–Kier alpha value is -3.98. The lowest BCUT2D eigenvalue weighted by atomic mass is 9.94. The molecule has 2 aromatic heterocycles. The van der Waals surface area contributed by atoms with Crippen LogP contribution in [0.3, 0.4) is 0 Å². The molecule has 190 valence electrons. The zero-order valence-corrected chi connectivity index (χ0v) is 21.1. The number of pyridine rings is 1. The van der Waals surface area contributed by atoms with Crippen molar-refractivity contribution in [2.75, 3.05) is 0 Å². The molecule has 4 aromatic rings. The summed E-state index contributed by atoms with van der Waals surface area (Å²) in [7, 11) is -4.03. The van der Waals surface area contributed by atoms with Crippen LogP contribution in [0.15, 0.2) is 81.3 Å². The molecule has 0 unspecified atom stereocenters. The van der Waals surface area contributed by atoms with Crippen molar-refractivity contribution in [3.05, 3.63) is 105 Å². The van der Waals surface area contributed by atoms with Gasteiger partial charge in [0.15, 0.2) is 0 Å². The van der Waals surface area contributed by atoms with Gasteiger partial charge in [-0.15, -0.1) is 0 Å². The van der Waals surface area contributed by atoms with Crippen molar-refractivity contribution < 1.29 is 22.3 Å². The van der Waals surface area contributed by atoms with Gasteiger partial charge >= 0.3 is 5.97 Å². The van der Waals surface area contributed by atoms with E-state index in [0.717, 1.165) is 11.1 Å². The third kappa shape index (κ3) is 4.62. The third-order valence-corrected chi connectivity index (χ3v) is 8.09. The average molecular weight is 521 g/mol. The van der Waals surface area contributed by atoms with Gasteiger partial charge < -0.3 is 14.3 Å². The zero-order chi connectivity index (χ0) is 26.3. The quantitative estimate of drug-likeness (QED) is 0.377. The highest BCUT2D eigenvalue weighted by Gasteiger charge is 2.30.